The summed E-state index contributed by atoms with van der Waals surface area (Å²) in [5.41, 5.74) is 0.632. The van der Waals surface area contributed by atoms with Crippen LogP contribution in [0.1, 0.15) is 75.9 Å². The van der Waals surface area contributed by atoms with Crippen LogP contribution < -0.4 is 5.32 Å². The Kier molecular flexibility index (Phi) is 5.88. The van der Waals surface area contributed by atoms with Gasteiger partial charge in [-0.2, -0.15) is 0 Å². The molecule has 2 aromatic rings. The Labute approximate surface area is 179 Å². The second-order valence-electron chi connectivity index (χ2n) is 7.88. The van der Waals surface area contributed by atoms with E-state index in [1.165, 1.54) is 36.3 Å². The van der Waals surface area contributed by atoms with Gasteiger partial charge in [-0.15, -0.1) is 0 Å². The van der Waals surface area contributed by atoms with Crippen LogP contribution in [0.15, 0.2) is 41.0 Å². The van der Waals surface area contributed by atoms with E-state index in [1.807, 2.05) is 0 Å². The number of esters is 1. The predicted octanol–water partition coefficient (Wildman–Crippen LogP) is 3.07. The highest BCUT2D eigenvalue weighted by atomic mass is 16.5. The summed E-state index contributed by atoms with van der Waals surface area (Å²) in [6.07, 6.45) is 5.19. The zero-order valence-electron chi connectivity index (χ0n) is 17.3. The minimum atomic E-state index is -1.04. The maximum atomic E-state index is 12.9. The fraction of sp³-hybridized carbons (Fsp3) is 0.391. The average Bonchev–Trinajstić information content (AvgIpc) is 3.39. The molecule has 0 saturated heterocycles. The third kappa shape index (κ3) is 4.23. The van der Waals surface area contributed by atoms with Crippen LogP contribution in [-0.2, 0) is 16.1 Å². The van der Waals surface area contributed by atoms with Crippen LogP contribution in [0.4, 0.5) is 0 Å². The number of nitrogens with zero attached hydrogens (tertiary/aromatic N) is 1. The smallest absolute Gasteiger partial charge is 0.338 e. The van der Waals surface area contributed by atoms with Crippen molar-refractivity contribution in [1.29, 1.82) is 0 Å². The molecule has 1 aromatic heterocycles. The van der Waals surface area contributed by atoms with Gasteiger partial charge in [0.25, 0.3) is 17.7 Å². The molecule has 2 heterocycles. The van der Waals surface area contributed by atoms with Crippen molar-refractivity contribution in [1.82, 2.24) is 10.2 Å². The first-order valence-corrected chi connectivity index (χ1v) is 10.5. The van der Waals surface area contributed by atoms with E-state index in [0.717, 1.165) is 32.1 Å². The highest BCUT2D eigenvalue weighted by Crippen LogP contribution is 2.31. The number of amides is 3. The van der Waals surface area contributed by atoms with Crippen LogP contribution in [-0.4, -0.2) is 40.7 Å². The molecule has 1 aromatic carbocycles. The summed E-state index contributed by atoms with van der Waals surface area (Å²) >= 11 is 0. The van der Waals surface area contributed by atoms with Gasteiger partial charge < -0.3 is 14.5 Å². The number of carbonyl (C=O) groups excluding carboxylic acids is 4. The van der Waals surface area contributed by atoms with Crippen molar-refractivity contribution in [2.45, 2.75) is 57.7 Å². The van der Waals surface area contributed by atoms with Gasteiger partial charge in [-0.05, 0) is 50.1 Å². The number of rotatable bonds is 6. The summed E-state index contributed by atoms with van der Waals surface area (Å²) in [6.45, 7) is 1.64. The van der Waals surface area contributed by atoms with Crippen molar-refractivity contribution in [3.8, 4) is 0 Å². The lowest BCUT2D eigenvalue weighted by Gasteiger charge is -2.29. The van der Waals surface area contributed by atoms with E-state index in [-0.39, 0.29) is 35.5 Å². The molecule has 0 spiro atoms. The Morgan fingerprint density at radius 2 is 1.87 bits per heavy atom. The molecule has 0 bridgehead atoms. The second kappa shape index (κ2) is 8.75. The standard InChI is InChI=1S/C23H24N2O6/c1-14(20(26)24-13-17-8-5-11-30-17)31-23(29)15-9-10-18-19(12-15)22(28)25(21(18)27)16-6-3-2-4-7-16/h5,8-12,14,16H,2-4,6-7,13H2,1H3,(H,24,26). The van der Waals surface area contributed by atoms with Gasteiger partial charge in [-0.25, -0.2) is 4.79 Å². The summed E-state index contributed by atoms with van der Waals surface area (Å²) in [4.78, 5) is 51.7. The molecule has 4 rings (SSSR count). The van der Waals surface area contributed by atoms with E-state index in [1.54, 1.807) is 12.1 Å². The van der Waals surface area contributed by atoms with Crippen LogP contribution in [0.5, 0.6) is 0 Å². The molecular weight excluding hydrogens is 400 g/mol. The summed E-state index contributed by atoms with van der Waals surface area (Å²) in [5, 5.41) is 2.62. The Bertz CT molecular complexity index is 1010. The van der Waals surface area contributed by atoms with Crippen molar-refractivity contribution < 1.29 is 28.3 Å². The van der Waals surface area contributed by atoms with E-state index < -0.39 is 18.0 Å². The number of hydrogen-bond donors (Lipinski definition) is 1. The Hall–Kier alpha value is -3.42. The van der Waals surface area contributed by atoms with E-state index in [9.17, 15) is 19.2 Å². The highest BCUT2D eigenvalue weighted by Gasteiger charge is 2.40. The summed E-state index contributed by atoms with van der Waals surface area (Å²) in [6, 6.07) is 7.65. The molecule has 0 radical (unpaired) electrons. The maximum absolute atomic E-state index is 12.9. The molecule has 162 valence electrons. The fourth-order valence-corrected chi connectivity index (χ4v) is 4.07. The summed E-state index contributed by atoms with van der Waals surface area (Å²) in [5.74, 6) is -1.31. The first-order valence-electron chi connectivity index (χ1n) is 10.5. The molecule has 31 heavy (non-hydrogen) atoms. The first-order chi connectivity index (χ1) is 15.0. The molecule has 1 aliphatic carbocycles. The van der Waals surface area contributed by atoms with Gasteiger partial charge in [0.15, 0.2) is 6.10 Å². The Morgan fingerprint density at radius 1 is 1.13 bits per heavy atom. The number of benzene rings is 1. The number of nitrogens with one attached hydrogen (secondary N) is 1. The lowest BCUT2D eigenvalue weighted by Crippen LogP contribution is -2.40. The molecule has 1 saturated carbocycles. The summed E-state index contributed by atoms with van der Waals surface area (Å²) in [7, 11) is 0. The van der Waals surface area contributed by atoms with Gasteiger partial charge in [0, 0.05) is 6.04 Å². The summed E-state index contributed by atoms with van der Waals surface area (Å²) < 4.78 is 10.4. The SMILES string of the molecule is CC(OC(=O)c1ccc2c(c1)C(=O)N(C1CCCCC1)C2=O)C(=O)NCc1ccco1. The van der Waals surface area contributed by atoms with Crippen molar-refractivity contribution in [3.63, 3.8) is 0 Å². The van der Waals surface area contributed by atoms with E-state index in [4.69, 9.17) is 9.15 Å². The number of fused-ring (bicyclic) bond motifs is 1. The number of hydrogen-bond acceptors (Lipinski definition) is 6. The van der Waals surface area contributed by atoms with Gasteiger partial charge >= 0.3 is 5.97 Å². The molecular formula is C23H24N2O6. The molecule has 1 N–H and O–H groups in total. The van der Waals surface area contributed by atoms with E-state index in [2.05, 4.69) is 5.32 Å². The van der Waals surface area contributed by atoms with Crippen molar-refractivity contribution in [2.75, 3.05) is 0 Å². The zero-order valence-corrected chi connectivity index (χ0v) is 17.3. The normalized spacial score (nSPS) is 17.4. The maximum Gasteiger partial charge on any atom is 0.338 e. The Morgan fingerprint density at radius 3 is 2.58 bits per heavy atom. The largest absolute Gasteiger partial charge is 0.467 e. The minimum absolute atomic E-state index is 0.0885. The topological polar surface area (TPSA) is 106 Å². The van der Waals surface area contributed by atoms with Crippen LogP contribution in [0.25, 0.3) is 0 Å². The molecule has 3 amide bonds. The van der Waals surface area contributed by atoms with Crippen molar-refractivity contribution in [2.24, 2.45) is 0 Å². The van der Waals surface area contributed by atoms with Crippen LogP contribution in [0.2, 0.25) is 0 Å². The van der Waals surface area contributed by atoms with Crippen molar-refractivity contribution in [3.05, 3.63) is 59.0 Å². The second-order valence-corrected chi connectivity index (χ2v) is 7.88. The number of ether oxygens (including phenoxy) is 1. The monoisotopic (exact) mass is 424 g/mol. The molecule has 8 heteroatoms. The lowest BCUT2D eigenvalue weighted by atomic mass is 9.94. The van der Waals surface area contributed by atoms with E-state index in [0.29, 0.717) is 11.3 Å². The zero-order chi connectivity index (χ0) is 22.0. The van der Waals surface area contributed by atoms with Crippen molar-refractivity contribution >= 4 is 23.7 Å². The van der Waals surface area contributed by atoms with Gasteiger partial charge in [0.05, 0.1) is 29.5 Å². The van der Waals surface area contributed by atoms with Crippen LogP contribution >= 0.6 is 0 Å². The molecule has 1 fully saturated rings. The fourth-order valence-electron chi connectivity index (χ4n) is 4.07. The van der Waals surface area contributed by atoms with Gasteiger partial charge in [-0.1, -0.05) is 19.3 Å². The third-order valence-electron chi connectivity index (χ3n) is 5.76. The van der Waals surface area contributed by atoms with Gasteiger partial charge in [0.1, 0.15) is 5.76 Å². The Balaban J connectivity index is 1.41. The molecule has 1 unspecified atom stereocenters. The lowest BCUT2D eigenvalue weighted by molar-refractivity contribution is -0.129. The van der Waals surface area contributed by atoms with Crippen LogP contribution in [0.3, 0.4) is 0 Å². The number of furan rings is 1. The van der Waals surface area contributed by atoms with Gasteiger partial charge in [0.2, 0.25) is 0 Å². The predicted molar refractivity (Wildman–Crippen MR) is 109 cm³/mol. The quantitative estimate of drug-likeness (QED) is 0.564. The van der Waals surface area contributed by atoms with E-state index >= 15 is 0 Å². The minimum Gasteiger partial charge on any atom is -0.467 e. The van der Waals surface area contributed by atoms with Gasteiger partial charge in [-0.3, -0.25) is 19.3 Å². The first kappa shape index (κ1) is 20.8. The molecule has 2 aliphatic rings. The molecule has 8 nitrogen and oxygen atoms in total. The molecule has 1 aliphatic heterocycles. The number of imide groups is 1. The number of carbonyl (C=O) groups is 4. The average molecular weight is 424 g/mol. The highest BCUT2D eigenvalue weighted by molar-refractivity contribution is 6.22. The molecule has 1 atom stereocenters. The van der Waals surface area contributed by atoms with Crippen LogP contribution in [0, 0.1) is 0 Å². The third-order valence-corrected chi connectivity index (χ3v) is 5.76.